The fraction of sp³-hybridized carbons (Fsp3) is 0.571. The molecule has 1 aliphatic heterocycles. The molecule has 2 N–H and O–H groups in total. The molecule has 1 aromatic rings. The van der Waals surface area contributed by atoms with Gasteiger partial charge in [-0.25, -0.2) is 0 Å². The van der Waals surface area contributed by atoms with E-state index in [2.05, 4.69) is 21.7 Å². The molecule has 0 spiro atoms. The largest absolute Gasteiger partial charge is 0.356 e. The normalized spacial score (nSPS) is 13.9. The molecule has 0 bridgehead atoms. The molecule has 0 atom stereocenters. The van der Waals surface area contributed by atoms with E-state index in [0.29, 0.717) is 25.3 Å². The third-order valence-corrected chi connectivity index (χ3v) is 4.51. The lowest BCUT2D eigenvalue weighted by Crippen LogP contribution is -2.48. The summed E-state index contributed by atoms with van der Waals surface area (Å²) < 4.78 is 0. The van der Waals surface area contributed by atoms with Crippen LogP contribution in [-0.4, -0.2) is 61.9 Å². The molecule has 7 nitrogen and oxygen atoms in total. The highest BCUT2D eigenvalue weighted by atomic mass is 16.2. The Balaban J connectivity index is 1.74. The van der Waals surface area contributed by atoms with Crippen LogP contribution in [0.3, 0.4) is 0 Å². The van der Waals surface area contributed by atoms with Gasteiger partial charge < -0.3 is 20.4 Å². The van der Waals surface area contributed by atoms with E-state index in [0.717, 1.165) is 18.7 Å². The molecule has 2 amide bonds. The van der Waals surface area contributed by atoms with Gasteiger partial charge in [-0.05, 0) is 45.2 Å². The monoisotopic (exact) mass is 387 g/mol. The minimum absolute atomic E-state index is 0.0548. The Bertz CT molecular complexity index is 724. The molecular weight excluding hydrogens is 354 g/mol. The highest BCUT2D eigenvalue weighted by molar-refractivity contribution is 5.95. The van der Waals surface area contributed by atoms with E-state index in [1.165, 1.54) is 5.56 Å². The topological polar surface area (TPSA) is 77.0 Å². The van der Waals surface area contributed by atoms with Gasteiger partial charge in [0.1, 0.15) is 0 Å². The zero-order valence-electron chi connectivity index (χ0n) is 17.7. The number of hydrogen-bond acceptors (Lipinski definition) is 3. The van der Waals surface area contributed by atoms with Gasteiger partial charge in [-0.2, -0.15) is 0 Å². The first-order valence-corrected chi connectivity index (χ1v) is 9.82. The van der Waals surface area contributed by atoms with Crippen LogP contribution in [0.2, 0.25) is 0 Å². The number of anilines is 1. The molecule has 28 heavy (non-hydrogen) atoms. The fourth-order valence-electron chi connectivity index (χ4n) is 3.30. The summed E-state index contributed by atoms with van der Waals surface area (Å²) in [5.74, 6) is 0.739. The summed E-state index contributed by atoms with van der Waals surface area (Å²) in [5.41, 5.74) is 2.02. The molecule has 7 heteroatoms. The lowest BCUT2D eigenvalue weighted by molar-refractivity contribution is -0.122. The van der Waals surface area contributed by atoms with Crippen LogP contribution < -0.4 is 15.5 Å². The number of likely N-dealkylation sites (N-methyl/N-ethyl adjacent to an activating group) is 1. The third kappa shape index (κ3) is 6.25. The number of carbonyl (C=O) groups excluding carboxylic acids is 2. The van der Waals surface area contributed by atoms with Crippen molar-refractivity contribution < 1.29 is 9.59 Å². The third-order valence-electron chi connectivity index (χ3n) is 4.51. The van der Waals surface area contributed by atoms with Gasteiger partial charge in [0.15, 0.2) is 5.96 Å². The fourth-order valence-corrected chi connectivity index (χ4v) is 3.30. The van der Waals surface area contributed by atoms with Crippen molar-refractivity contribution in [2.24, 2.45) is 4.99 Å². The van der Waals surface area contributed by atoms with Crippen LogP contribution in [0.1, 0.15) is 39.2 Å². The van der Waals surface area contributed by atoms with E-state index in [-0.39, 0.29) is 23.9 Å². The summed E-state index contributed by atoms with van der Waals surface area (Å²) in [6, 6.07) is 8.08. The second-order valence-corrected chi connectivity index (χ2v) is 8.16. The summed E-state index contributed by atoms with van der Waals surface area (Å²) in [6.07, 6.45) is 2.11. The second kappa shape index (κ2) is 9.57. The van der Waals surface area contributed by atoms with E-state index in [1.807, 2.05) is 50.9 Å². The number of nitrogens with zero attached hydrogens (tertiary/aromatic N) is 3. The molecule has 0 fully saturated rings. The van der Waals surface area contributed by atoms with E-state index in [1.54, 1.807) is 11.9 Å². The summed E-state index contributed by atoms with van der Waals surface area (Å²) in [5, 5.41) is 6.16. The molecule has 1 aliphatic rings. The lowest BCUT2D eigenvalue weighted by atomic mass is 10.1. The maximum atomic E-state index is 12.5. The number of aliphatic imine (C=N–C) groups is 1. The van der Waals surface area contributed by atoms with Crippen molar-refractivity contribution in [2.75, 3.05) is 38.6 Å². The highest BCUT2D eigenvalue weighted by Gasteiger charge is 2.23. The van der Waals surface area contributed by atoms with Crippen LogP contribution in [0, 0.1) is 0 Å². The molecule has 0 saturated carbocycles. The number of hydrogen-bond donors (Lipinski definition) is 2. The number of fused-ring (bicyclic) bond motifs is 1. The molecule has 154 valence electrons. The average Bonchev–Trinajstić information content (AvgIpc) is 3.04. The van der Waals surface area contributed by atoms with Crippen molar-refractivity contribution in [1.82, 2.24) is 15.5 Å². The average molecular weight is 388 g/mol. The number of guanidine groups is 1. The summed E-state index contributed by atoms with van der Waals surface area (Å²) in [7, 11) is 3.51. The first kappa shape index (κ1) is 21.7. The highest BCUT2D eigenvalue weighted by Crippen LogP contribution is 2.27. The van der Waals surface area contributed by atoms with E-state index >= 15 is 0 Å². The van der Waals surface area contributed by atoms with Crippen LogP contribution in [0.5, 0.6) is 0 Å². The number of amides is 2. The Morgan fingerprint density at radius 3 is 2.64 bits per heavy atom. The van der Waals surface area contributed by atoms with Gasteiger partial charge in [0.2, 0.25) is 11.8 Å². The van der Waals surface area contributed by atoms with Crippen LogP contribution >= 0.6 is 0 Å². The Hall–Kier alpha value is -2.57. The first-order valence-electron chi connectivity index (χ1n) is 9.82. The summed E-state index contributed by atoms with van der Waals surface area (Å²) in [4.78, 5) is 32.5. The Morgan fingerprint density at radius 2 is 1.96 bits per heavy atom. The van der Waals surface area contributed by atoms with Gasteiger partial charge in [0.05, 0.1) is 6.54 Å². The molecule has 0 radical (unpaired) electrons. The van der Waals surface area contributed by atoms with Crippen LogP contribution in [0.4, 0.5) is 5.69 Å². The minimum Gasteiger partial charge on any atom is -0.356 e. The Morgan fingerprint density at radius 1 is 1.25 bits per heavy atom. The maximum Gasteiger partial charge on any atom is 0.240 e. The van der Waals surface area contributed by atoms with Crippen molar-refractivity contribution in [1.29, 1.82) is 0 Å². The van der Waals surface area contributed by atoms with E-state index < -0.39 is 0 Å². The standard InChI is InChI=1S/C21H33N5O2/c1-21(2,3)24-18(27)15-25(5)20(22-4)23-13-8-11-19(28)26-14-12-16-9-6-7-10-17(16)26/h6-7,9-10H,8,11-15H2,1-5H3,(H,22,23)(H,24,27). The van der Waals surface area contributed by atoms with Crippen molar-refractivity contribution in [3.8, 4) is 0 Å². The molecule has 1 aromatic carbocycles. The zero-order valence-corrected chi connectivity index (χ0v) is 17.7. The predicted molar refractivity (Wildman–Crippen MR) is 114 cm³/mol. The van der Waals surface area contributed by atoms with Gasteiger partial charge in [-0.1, -0.05) is 18.2 Å². The summed E-state index contributed by atoms with van der Waals surface area (Å²) >= 11 is 0. The number of rotatable bonds is 6. The van der Waals surface area contributed by atoms with Crippen LogP contribution in [0.15, 0.2) is 29.3 Å². The maximum absolute atomic E-state index is 12.5. The lowest BCUT2D eigenvalue weighted by Gasteiger charge is -2.25. The molecule has 0 aromatic heterocycles. The number of para-hydroxylation sites is 1. The zero-order chi connectivity index (χ0) is 20.7. The molecule has 0 unspecified atom stereocenters. The Kier molecular flexibility index (Phi) is 7.43. The van der Waals surface area contributed by atoms with Gasteiger partial charge in [-0.15, -0.1) is 0 Å². The van der Waals surface area contributed by atoms with Crippen molar-refractivity contribution in [3.05, 3.63) is 29.8 Å². The predicted octanol–water partition coefficient (Wildman–Crippen LogP) is 1.78. The van der Waals surface area contributed by atoms with Crippen molar-refractivity contribution in [2.45, 2.75) is 45.6 Å². The number of benzene rings is 1. The first-order chi connectivity index (χ1) is 13.2. The van der Waals surface area contributed by atoms with Gasteiger partial charge in [0, 0.05) is 44.8 Å². The van der Waals surface area contributed by atoms with Gasteiger partial charge in [0.25, 0.3) is 0 Å². The smallest absolute Gasteiger partial charge is 0.240 e. The molecule has 0 aliphatic carbocycles. The van der Waals surface area contributed by atoms with Crippen molar-refractivity contribution >= 4 is 23.5 Å². The van der Waals surface area contributed by atoms with Crippen LogP contribution in [0.25, 0.3) is 0 Å². The quantitative estimate of drug-likeness (QED) is 0.443. The Labute approximate surface area is 168 Å². The van der Waals surface area contributed by atoms with E-state index in [9.17, 15) is 9.59 Å². The molecule has 1 heterocycles. The van der Waals surface area contributed by atoms with Gasteiger partial charge in [-0.3, -0.25) is 14.6 Å². The minimum atomic E-state index is -0.260. The van der Waals surface area contributed by atoms with Gasteiger partial charge >= 0.3 is 0 Å². The summed E-state index contributed by atoms with van der Waals surface area (Å²) in [6.45, 7) is 7.47. The number of nitrogens with one attached hydrogen (secondary N) is 2. The molecule has 2 rings (SSSR count). The molecule has 0 saturated heterocycles. The van der Waals surface area contributed by atoms with Crippen LogP contribution in [-0.2, 0) is 16.0 Å². The second-order valence-electron chi connectivity index (χ2n) is 8.16. The number of carbonyl (C=O) groups is 2. The molecular formula is C21H33N5O2. The van der Waals surface area contributed by atoms with E-state index in [4.69, 9.17) is 0 Å². The SMILES string of the molecule is CN=C(NCCCC(=O)N1CCc2ccccc21)N(C)CC(=O)NC(C)(C)C. The van der Waals surface area contributed by atoms with Crippen molar-refractivity contribution in [3.63, 3.8) is 0 Å².